The number of para-hydroxylation sites is 1. The van der Waals surface area contributed by atoms with E-state index < -0.39 is 0 Å². The van der Waals surface area contributed by atoms with Gasteiger partial charge in [0, 0.05) is 12.1 Å². The SMILES string of the molecule is C1=C2CCCC3Oc4ccccc4C23CCN1. The number of fused-ring (bicyclic) bond motifs is 1. The number of rotatable bonds is 0. The van der Waals surface area contributed by atoms with Gasteiger partial charge >= 0.3 is 0 Å². The van der Waals surface area contributed by atoms with E-state index in [1.807, 2.05) is 0 Å². The normalized spacial score (nSPS) is 33.6. The number of ether oxygens (including phenoxy) is 1. The van der Waals surface area contributed by atoms with Crippen molar-refractivity contribution in [3.63, 3.8) is 0 Å². The van der Waals surface area contributed by atoms with Gasteiger partial charge in [-0.25, -0.2) is 0 Å². The molecule has 3 aliphatic rings. The van der Waals surface area contributed by atoms with Gasteiger partial charge in [-0.2, -0.15) is 0 Å². The molecule has 0 bridgehead atoms. The van der Waals surface area contributed by atoms with E-state index in [9.17, 15) is 0 Å². The Balaban J connectivity index is 1.95. The maximum absolute atomic E-state index is 6.20. The monoisotopic (exact) mass is 227 g/mol. The highest BCUT2D eigenvalue weighted by Gasteiger charge is 2.53. The van der Waals surface area contributed by atoms with E-state index >= 15 is 0 Å². The van der Waals surface area contributed by atoms with Crippen LogP contribution in [0.1, 0.15) is 31.2 Å². The van der Waals surface area contributed by atoms with Crippen LogP contribution in [-0.4, -0.2) is 12.6 Å². The van der Waals surface area contributed by atoms with Crippen molar-refractivity contribution in [3.05, 3.63) is 41.6 Å². The van der Waals surface area contributed by atoms with Gasteiger partial charge in [0.05, 0.1) is 5.41 Å². The van der Waals surface area contributed by atoms with E-state index in [2.05, 4.69) is 35.8 Å². The molecule has 0 saturated heterocycles. The van der Waals surface area contributed by atoms with Gasteiger partial charge in [0.1, 0.15) is 11.9 Å². The molecule has 1 aromatic carbocycles. The summed E-state index contributed by atoms with van der Waals surface area (Å²) in [5.74, 6) is 1.12. The van der Waals surface area contributed by atoms with Gasteiger partial charge in [0.15, 0.2) is 0 Å². The molecule has 4 rings (SSSR count). The van der Waals surface area contributed by atoms with E-state index in [0.717, 1.165) is 12.3 Å². The van der Waals surface area contributed by atoms with E-state index in [1.54, 1.807) is 5.57 Å². The fraction of sp³-hybridized carbons (Fsp3) is 0.467. The molecule has 2 aliphatic heterocycles. The highest BCUT2D eigenvalue weighted by Crippen LogP contribution is 2.55. The summed E-state index contributed by atoms with van der Waals surface area (Å²) in [7, 11) is 0. The van der Waals surface area contributed by atoms with Crippen molar-refractivity contribution in [2.75, 3.05) is 6.54 Å². The second-order valence-corrected chi connectivity index (χ2v) is 5.34. The first-order chi connectivity index (χ1) is 8.41. The minimum atomic E-state index is 0.195. The third-order valence-corrected chi connectivity index (χ3v) is 4.61. The lowest BCUT2D eigenvalue weighted by Crippen LogP contribution is -2.47. The first-order valence-corrected chi connectivity index (χ1v) is 6.60. The Labute approximate surface area is 102 Å². The fourth-order valence-corrected chi connectivity index (χ4v) is 3.87. The van der Waals surface area contributed by atoms with Gasteiger partial charge in [0.2, 0.25) is 0 Å². The van der Waals surface area contributed by atoms with Crippen molar-refractivity contribution < 1.29 is 4.74 Å². The number of nitrogens with one attached hydrogen (secondary N) is 1. The molecule has 1 saturated carbocycles. The highest BCUT2D eigenvalue weighted by atomic mass is 16.5. The molecule has 1 N–H and O–H groups in total. The minimum Gasteiger partial charge on any atom is -0.489 e. The Bertz CT molecular complexity index is 493. The van der Waals surface area contributed by atoms with Crippen LogP contribution in [0, 0.1) is 0 Å². The van der Waals surface area contributed by atoms with E-state index in [0.29, 0.717) is 6.10 Å². The predicted molar refractivity (Wildman–Crippen MR) is 67.1 cm³/mol. The van der Waals surface area contributed by atoms with Crippen molar-refractivity contribution in [1.29, 1.82) is 0 Å². The van der Waals surface area contributed by atoms with Gasteiger partial charge < -0.3 is 10.1 Å². The van der Waals surface area contributed by atoms with Gasteiger partial charge in [-0.05, 0) is 43.5 Å². The molecule has 0 aromatic heterocycles. The van der Waals surface area contributed by atoms with Crippen LogP contribution in [0.15, 0.2) is 36.0 Å². The maximum Gasteiger partial charge on any atom is 0.124 e. The molecule has 2 heteroatoms. The average molecular weight is 227 g/mol. The van der Waals surface area contributed by atoms with Gasteiger partial charge in [0.25, 0.3) is 0 Å². The van der Waals surface area contributed by atoms with Crippen LogP contribution < -0.4 is 10.1 Å². The van der Waals surface area contributed by atoms with Gasteiger partial charge in [-0.1, -0.05) is 18.2 Å². The summed E-state index contributed by atoms with van der Waals surface area (Å²) in [6.07, 6.45) is 7.49. The predicted octanol–water partition coefficient (Wildman–Crippen LogP) is 2.75. The zero-order chi connectivity index (χ0) is 11.3. The fourth-order valence-electron chi connectivity index (χ4n) is 3.87. The van der Waals surface area contributed by atoms with Gasteiger partial charge in [-0.15, -0.1) is 0 Å². The lowest BCUT2D eigenvalue weighted by atomic mass is 9.63. The number of hydrogen-bond acceptors (Lipinski definition) is 2. The van der Waals surface area contributed by atoms with Gasteiger partial charge in [-0.3, -0.25) is 0 Å². The molecule has 1 spiro atoms. The lowest BCUT2D eigenvalue weighted by Gasteiger charge is -2.43. The van der Waals surface area contributed by atoms with Crippen LogP contribution in [0.3, 0.4) is 0 Å². The van der Waals surface area contributed by atoms with Crippen molar-refractivity contribution in [2.45, 2.75) is 37.2 Å². The molecule has 1 aliphatic carbocycles. The number of hydrogen-bond donors (Lipinski definition) is 1. The first kappa shape index (κ1) is 9.58. The summed E-state index contributed by atoms with van der Waals surface area (Å²) < 4.78 is 6.20. The molecule has 17 heavy (non-hydrogen) atoms. The maximum atomic E-state index is 6.20. The Hall–Kier alpha value is -1.44. The third kappa shape index (κ3) is 1.11. The van der Waals surface area contributed by atoms with E-state index in [-0.39, 0.29) is 5.41 Å². The number of benzene rings is 1. The topological polar surface area (TPSA) is 21.3 Å². The van der Waals surface area contributed by atoms with Crippen LogP contribution in [0.5, 0.6) is 5.75 Å². The average Bonchev–Trinajstić information content (AvgIpc) is 2.71. The third-order valence-electron chi connectivity index (χ3n) is 4.61. The highest BCUT2D eigenvalue weighted by molar-refractivity contribution is 5.52. The smallest absolute Gasteiger partial charge is 0.124 e. The summed E-state index contributed by atoms with van der Waals surface area (Å²) in [5.41, 5.74) is 3.18. The Morgan fingerprint density at radius 1 is 1.29 bits per heavy atom. The molecule has 1 fully saturated rings. The summed E-state index contributed by atoms with van der Waals surface area (Å²) in [4.78, 5) is 0. The quantitative estimate of drug-likeness (QED) is 0.736. The summed E-state index contributed by atoms with van der Waals surface area (Å²) in [6.45, 7) is 1.07. The molecular formula is C15H17NO. The second kappa shape index (κ2) is 3.28. The van der Waals surface area contributed by atoms with Crippen molar-refractivity contribution in [2.24, 2.45) is 0 Å². The molecule has 2 unspecified atom stereocenters. The Morgan fingerprint density at radius 2 is 2.24 bits per heavy atom. The molecular weight excluding hydrogens is 210 g/mol. The largest absolute Gasteiger partial charge is 0.489 e. The Kier molecular flexibility index (Phi) is 1.85. The summed E-state index contributed by atoms with van der Waals surface area (Å²) in [6, 6.07) is 8.62. The molecule has 88 valence electrons. The van der Waals surface area contributed by atoms with Crippen LogP contribution in [0.25, 0.3) is 0 Å². The van der Waals surface area contributed by atoms with Crippen molar-refractivity contribution >= 4 is 0 Å². The zero-order valence-corrected chi connectivity index (χ0v) is 9.91. The standard InChI is InChI=1S/C15H17NO/c1-2-6-13-12(5-1)15-8-9-16-10-11(15)4-3-7-14(15)17-13/h1-2,5-6,10,14,16H,3-4,7-9H2. The molecule has 1 aromatic rings. The summed E-state index contributed by atoms with van der Waals surface area (Å²) >= 11 is 0. The first-order valence-electron chi connectivity index (χ1n) is 6.60. The molecule has 2 nitrogen and oxygen atoms in total. The summed E-state index contributed by atoms with van der Waals surface area (Å²) in [5, 5.41) is 3.40. The molecule has 2 heterocycles. The molecule has 0 amide bonds. The van der Waals surface area contributed by atoms with Crippen LogP contribution in [-0.2, 0) is 5.41 Å². The van der Waals surface area contributed by atoms with Crippen molar-refractivity contribution in [1.82, 2.24) is 5.32 Å². The van der Waals surface area contributed by atoms with E-state index in [1.165, 1.54) is 31.2 Å². The van der Waals surface area contributed by atoms with E-state index in [4.69, 9.17) is 4.74 Å². The van der Waals surface area contributed by atoms with Crippen LogP contribution in [0.4, 0.5) is 0 Å². The molecule has 0 radical (unpaired) electrons. The van der Waals surface area contributed by atoms with Crippen LogP contribution >= 0.6 is 0 Å². The zero-order valence-electron chi connectivity index (χ0n) is 9.91. The second-order valence-electron chi connectivity index (χ2n) is 5.34. The molecule has 2 atom stereocenters. The van der Waals surface area contributed by atoms with Crippen molar-refractivity contribution in [3.8, 4) is 5.75 Å². The van der Waals surface area contributed by atoms with Crippen LogP contribution in [0.2, 0.25) is 0 Å². The lowest BCUT2D eigenvalue weighted by molar-refractivity contribution is 0.124. The minimum absolute atomic E-state index is 0.195. The Morgan fingerprint density at radius 3 is 3.24 bits per heavy atom.